The Hall–Kier alpha value is -4.92. The number of anilines is 2. The second-order valence-electron chi connectivity index (χ2n) is 13.2. The topological polar surface area (TPSA) is 240 Å². The van der Waals surface area contributed by atoms with Crippen LogP contribution in [0.2, 0.25) is 13.6 Å². The van der Waals surface area contributed by atoms with Gasteiger partial charge in [-0.05, 0) is 82.8 Å². The Balaban J connectivity index is 0.000000165. The van der Waals surface area contributed by atoms with Gasteiger partial charge in [0, 0.05) is 31.3 Å². The maximum absolute atomic E-state index is 12.3. The Kier molecular flexibility index (Phi) is 14.0. The number of phenols is 1. The Morgan fingerprint density at radius 3 is 1.98 bits per heavy atom. The molecule has 0 aliphatic carbocycles. The van der Waals surface area contributed by atoms with Crippen LogP contribution in [0.3, 0.4) is 0 Å². The molecule has 4 aliphatic heterocycles. The predicted octanol–water partition coefficient (Wildman–Crippen LogP) is 2.57. The fraction of sp³-hybridized carbons (Fsp3) is 0.412. The van der Waals surface area contributed by atoms with Gasteiger partial charge in [0.05, 0.1) is 22.4 Å². The van der Waals surface area contributed by atoms with Crippen LogP contribution in [0.4, 0.5) is 17.1 Å². The van der Waals surface area contributed by atoms with Crippen molar-refractivity contribution in [2.75, 3.05) is 50.0 Å². The van der Waals surface area contributed by atoms with Crippen LogP contribution in [-0.2, 0) is 23.9 Å². The van der Waals surface area contributed by atoms with Gasteiger partial charge < -0.3 is 49.6 Å². The number of nitro benzene ring substituents is 1. The monoisotopic (exact) mass is 783 g/mol. The highest BCUT2D eigenvalue weighted by molar-refractivity contribution is 7.87. The van der Waals surface area contributed by atoms with E-state index in [1.807, 2.05) is 10.9 Å². The average Bonchev–Trinajstić information content (AvgIpc) is 3.15. The van der Waals surface area contributed by atoms with Crippen molar-refractivity contribution in [1.82, 2.24) is 9.62 Å². The minimum atomic E-state index is -4.23. The summed E-state index contributed by atoms with van der Waals surface area (Å²) in [7, 11) is -5.38. The molecule has 3 aromatic carbocycles. The van der Waals surface area contributed by atoms with Gasteiger partial charge in [0.25, 0.3) is 17.5 Å². The number of nitrogens with one attached hydrogen (secondary N) is 2. The van der Waals surface area contributed by atoms with Gasteiger partial charge in [0.1, 0.15) is 29.1 Å². The van der Waals surface area contributed by atoms with E-state index in [4.69, 9.17) is 23.5 Å². The molecule has 55 heavy (non-hydrogen) atoms. The number of hydrogen-bond donors (Lipinski definition) is 5. The standard InChI is InChI=1S/C14H19BN2O4.C12H17BN2O6S.C8H7NO3/c1-15(19)17-6-2-3-11(8-17)21-10-4-5-13-12(7-10)16-14(18)9-20-13;1-13(16)14-8-4-5-10(9-14)21-22(19,20)12-7-3-2-6-11(12)15(17)18;10-5-1-2-7-6(3-5)9-8(11)4-12-7/h4-5,7,11,19H,2-3,6,8-9H2,1H3,(H,16,18);2-3,6-7,10,16H,4-5,8-9H2,1H3;1-3,10H,4H2,(H,9,11)/t11-;10-;/m11./s1. The molecule has 294 valence electrons. The number of carbonyl (C=O) groups is 2. The van der Waals surface area contributed by atoms with Crippen molar-refractivity contribution in [2.24, 2.45) is 0 Å². The number of ether oxygens (including phenoxy) is 3. The van der Waals surface area contributed by atoms with Crippen LogP contribution < -0.4 is 24.8 Å². The molecule has 7 rings (SSSR count). The van der Waals surface area contributed by atoms with Crippen LogP contribution in [0.25, 0.3) is 0 Å². The minimum Gasteiger partial charge on any atom is -0.508 e. The van der Waals surface area contributed by atoms with Crippen molar-refractivity contribution in [1.29, 1.82) is 0 Å². The number of aromatic hydroxyl groups is 1. The third-order valence-corrected chi connectivity index (χ3v) is 10.4. The summed E-state index contributed by atoms with van der Waals surface area (Å²) in [6, 6.07) is 15.1. The number of para-hydroxylation sites is 1. The van der Waals surface area contributed by atoms with Crippen molar-refractivity contribution in [3.63, 3.8) is 0 Å². The maximum Gasteiger partial charge on any atom is 0.376 e. The zero-order chi connectivity index (χ0) is 39.7. The zero-order valence-corrected chi connectivity index (χ0v) is 31.1. The molecule has 2 amide bonds. The first-order valence-electron chi connectivity index (χ1n) is 17.7. The molecule has 0 radical (unpaired) electrons. The Bertz CT molecular complexity index is 1960. The number of nitrogens with zero attached hydrogens (tertiary/aromatic N) is 3. The molecule has 2 fully saturated rings. The Morgan fingerprint density at radius 2 is 1.38 bits per heavy atom. The lowest BCUT2D eigenvalue weighted by Gasteiger charge is -2.33. The molecule has 0 saturated carbocycles. The average molecular weight is 783 g/mol. The summed E-state index contributed by atoms with van der Waals surface area (Å²) < 4.78 is 46.1. The number of rotatable bonds is 8. The molecule has 0 unspecified atom stereocenters. The second-order valence-corrected chi connectivity index (χ2v) is 14.7. The quantitative estimate of drug-likeness (QED) is 0.0955. The molecule has 2 saturated heterocycles. The van der Waals surface area contributed by atoms with Crippen LogP contribution in [0.5, 0.6) is 23.0 Å². The number of amides is 2. The predicted molar refractivity (Wildman–Crippen MR) is 202 cm³/mol. The normalized spacial score (nSPS) is 19.5. The van der Waals surface area contributed by atoms with Gasteiger partial charge in [-0.2, -0.15) is 8.42 Å². The summed E-state index contributed by atoms with van der Waals surface area (Å²) in [5, 5.41) is 44.6. The van der Waals surface area contributed by atoms with Crippen molar-refractivity contribution in [3.05, 3.63) is 70.8 Å². The summed E-state index contributed by atoms with van der Waals surface area (Å²) in [5.41, 5.74) is 0.656. The fourth-order valence-electron chi connectivity index (χ4n) is 6.24. The first-order chi connectivity index (χ1) is 26.2. The molecule has 2 atom stereocenters. The van der Waals surface area contributed by atoms with Gasteiger partial charge in [-0.15, -0.1) is 0 Å². The third-order valence-electron chi connectivity index (χ3n) is 8.95. The highest BCUT2D eigenvalue weighted by atomic mass is 32.2. The highest BCUT2D eigenvalue weighted by Gasteiger charge is 2.33. The first-order valence-corrected chi connectivity index (χ1v) is 19.1. The van der Waals surface area contributed by atoms with E-state index < -0.39 is 45.8 Å². The van der Waals surface area contributed by atoms with Gasteiger partial charge >= 0.3 is 24.2 Å². The second kappa shape index (κ2) is 18.6. The Morgan fingerprint density at radius 1 is 0.836 bits per heavy atom. The van der Waals surface area contributed by atoms with E-state index >= 15 is 0 Å². The lowest BCUT2D eigenvalue weighted by Crippen LogP contribution is -2.47. The Labute approximate surface area is 318 Å². The SMILES string of the molecule is CB(O)N1CCC[C@@H](OS(=O)(=O)c2ccccc2[N+](=O)[O-])C1.CB(O)N1CCC[C@@H](Oc2ccc3c(c2)NC(=O)CO3)C1.O=C1COc2ccc(O)cc2N1. The van der Waals surface area contributed by atoms with Crippen LogP contribution in [-0.4, -0.2) is 116 Å². The molecule has 0 spiro atoms. The van der Waals surface area contributed by atoms with E-state index in [-0.39, 0.29) is 43.4 Å². The van der Waals surface area contributed by atoms with E-state index in [9.17, 15) is 38.2 Å². The molecule has 4 aliphatic rings. The summed E-state index contributed by atoms with van der Waals surface area (Å²) in [6.45, 7) is 5.98. The molecule has 4 heterocycles. The van der Waals surface area contributed by atoms with Crippen molar-refractivity contribution >= 4 is 53.1 Å². The van der Waals surface area contributed by atoms with E-state index in [0.29, 0.717) is 54.6 Å². The number of phenolic OH excluding ortho intramolecular Hbond substituents is 1. The molecule has 3 aromatic rings. The van der Waals surface area contributed by atoms with Crippen molar-refractivity contribution in [3.8, 4) is 23.0 Å². The van der Waals surface area contributed by atoms with Gasteiger partial charge in [-0.25, -0.2) is 0 Å². The van der Waals surface area contributed by atoms with Crippen LogP contribution in [0.15, 0.2) is 65.6 Å². The van der Waals surface area contributed by atoms with E-state index in [1.165, 1.54) is 24.3 Å². The van der Waals surface area contributed by atoms with E-state index in [0.717, 1.165) is 31.5 Å². The summed E-state index contributed by atoms with van der Waals surface area (Å²) in [6.07, 6.45) is 2.58. The van der Waals surface area contributed by atoms with Crippen molar-refractivity contribution < 1.29 is 56.5 Å². The van der Waals surface area contributed by atoms with Crippen LogP contribution in [0, 0.1) is 10.1 Å². The molecule has 0 aromatic heterocycles. The lowest BCUT2D eigenvalue weighted by atomic mass is 9.82. The first kappa shape index (κ1) is 41.2. The summed E-state index contributed by atoms with van der Waals surface area (Å²) in [5.74, 6) is 1.71. The number of hydrogen-bond acceptors (Lipinski definition) is 15. The minimum absolute atomic E-state index is 0.0395. The van der Waals surface area contributed by atoms with Gasteiger partial charge in [0.2, 0.25) is 0 Å². The molecule has 0 bridgehead atoms. The van der Waals surface area contributed by atoms with E-state index in [2.05, 4.69) is 10.6 Å². The highest BCUT2D eigenvalue weighted by Crippen LogP contribution is 2.33. The number of piperidine rings is 2. The van der Waals surface area contributed by atoms with Crippen molar-refractivity contribution in [2.45, 2.75) is 56.4 Å². The lowest BCUT2D eigenvalue weighted by molar-refractivity contribution is -0.387. The number of fused-ring (bicyclic) bond motifs is 2. The van der Waals surface area contributed by atoms with Gasteiger partial charge in [0.15, 0.2) is 18.1 Å². The zero-order valence-electron chi connectivity index (χ0n) is 30.3. The summed E-state index contributed by atoms with van der Waals surface area (Å²) >= 11 is 0. The van der Waals surface area contributed by atoms with Gasteiger partial charge in [-0.1, -0.05) is 12.1 Å². The smallest absolute Gasteiger partial charge is 0.376 e. The fourth-order valence-corrected chi connectivity index (χ4v) is 7.50. The number of nitro groups is 1. The number of carbonyl (C=O) groups excluding carboxylic acids is 2. The molecule has 5 N–H and O–H groups in total. The third kappa shape index (κ3) is 11.5. The summed E-state index contributed by atoms with van der Waals surface area (Å²) in [4.78, 5) is 35.6. The van der Waals surface area contributed by atoms with Gasteiger partial charge in [-0.3, -0.25) is 23.9 Å². The van der Waals surface area contributed by atoms with E-state index in [1.54, 1.807) is 36.7 Å². The molecule has 21 heteroatoms. The maximum atomic E-state index is 12.3. The largest absolute Gasteiger partial charge is 0.508 e. The molecular formula is C34H43B2N5O13S. The van der Waals surface area contributed by atoms with Crippen LogP contribution >= 0.6 is 0 Å². The number of benzene rings is 3. The van der Waals surface area contributed by atoms with Crippen LogP contribution in [0.1, 0.15) is 25.7 Å². The molecular weight excluding hydrogens is 740 g/mol. The molecule has 18 nitrogen and oxygen atoms in total.